The van der Waals surface area contributed by atoms with Crippen molar-refractivity contribution in [3.05, 3.63) is 62.1 Å². The molecule has 8 nitrogen and oxygen atoms in total. The van der Waals surface area contributed by atoms with Crippen molar-refractivity contribution in [2.45, 2.75) is 6.54 Å². The molecule has 0 fully saturated rings. The van der Waals surface area contributed by atoms with Crippen LogP contribution in [0.2, 0.25) is 10.0 Å². The molecule has 0 atom stereocenters. The number of rotatable bonds is 10. The Kier molecular flexibility index (Phi) is 9.81. The minimum Gasteiger partial charge on any atom is -0.483 e. The summed E-state index contributed by atoms with van der Waals surface area (Å²) < 4.78 is 5.36. The van der Waals surface area contributed by atoms with Gasteiger partial charge in [-0.1, -0.05) is 23.2 Å². The van der Waals surface area contributed by atoms with Gasteiger partial charge < -0.3 is 21.1 Å². The number of hydrogen-bond acceptors (Lipinski definition) is 6. The number of halogens is 3. The van der Waals surface area contributed by atoms with Crippen LogP contribution in [0.15, 0.2) is 36.4 Å². The molecule has 0 spiro atoms. The fourth-order valence-electron chi connectivity index (χ4n) is 2.25. The van der Waals surface area contributed by atoms with Gasteiger partial charge >= 0.3 is 0 Å². The fraction of sp³-hybridized carbons (Fsp3) is 0.235. The first kappa shape index (κ1) is 23.8. The molecule has 28 heavy (non-hydrogen) atoms. The molecule has 0 aliphatic carbocycles. The third kappa shape index (κ3) is 7.40. The van der Waals surface area contributed by atoms with E-state index in [4.69, 9.17) is 33.7 Å². The highest BCUT2D eigenvalue weighted by atomic mass is 35.5. The SMILES string of the molecule is Cl.NC(=O)COc1ccc(Cl)cc1CNCCNc1ccc([N+](=O)[O-])cc1Cl. The number of nitrogens with zero attached hydrogens (tertiary/aromatic N) is 1. The third-order valence-corrected chi connectivity index (χ3v) is 4.04. The summed E-state index contributed by atoms with van der Waals surface area (Å²) >= 11 is 12.0. The van der Waals surface area contributed by atoms with Gasteiger partial charge in [-0.25, -0.2) is 0 Å². The van der Waals surface area contributed by atoms with Gasteiger partial charge in [0.05, 0.1) is 15.6 Å². The maximum atomic E-state index is 10.9. The first-order chi connectivity index (χ1) is 12.9. The maximum Gasteiger partial charge on any atom is 0.271 e. The number of nitrogens with two attached hydrogens (primary N) is 1. The van der Waals surface area contributed by atoms with Crippen molar-refractivity contribution in [1.29, 1.82) is 0 Å². The highest BCUT2D eigenvalue weighted by Gasteiger charge is 2.09. The van der Waals surface area contributed by atoms with Crippen molar-refractivity contribution in [1.82, 2.24) is 5.32 Å². The predicted molar refractivity (Wildman–Crippen MR) is 112 cm³/mol. The summed E-state index contributed by atoms with van der Waals surface area (Å²) in [5, 5.41) is 17.8. The minimum atomic E-state index is -0.562. The Labute approximate surface area is 177 Å². The molecule has 0 heterocycles. The molecule has 0 aliphatic heterocycles. The average Bonchev–Trinajstić information content (AvgIpc) is 2.61. The van der Waals surface area contributed by atoms with E-state index in [0.717, 1.165) is 5.56 Å². The molecule has 2 rings (SSSR count). The van der Waals surface area contributed by atoms with Crippen LogP contribution in [0.4, 0.5) is 11.4 Å². The number of carbonyl (C=O) groups is 1. The van der Waals surface area contributed by atoms with E-state index in [-0.39, 0.29) is 29.7 Å². The van der Waals surface area contributed by atoms with Crippen molar-refractivity contribution in [2.24, 2.45) is 5.73 Å². The lowest BCUT2D eigenvalue weighted by Gasteiger charge is -2.13. The molecule has 0 bridgehead atoms. The molecule has 0 aromatic heterocycles. The van der Waals surface area contributed by atoms with E-state index >= 15 is 0 Å². The monoisotopic (exact) mass is 448 g/mol. The summed E-state index contributed by atoms with van der Waals surface area (Å²) in [6.45, 7) is 1.36. The summed E-state index contributed by atoms with van der Waals surface area (Å²) in [5.74, 6) is -0.0369. The van der Waals surface area contributed by atoms with Crippen molar-refractivity contribution in [3.8, 4) is 5.75 Å². The maximum absolute atomic E-state index is 10.9. The second kappa shape index (κ2) is 11.6. The van der Waals surface area contributed by atoms with Crippen LogP contribution in [0.5, 0.6) is 5.75 Å². The van der Waals surface area contributed by atoms with Crippen molar-refractivity contribution >= 4 is 52.9 Å². The number of nitro groups is 1. The molecular formula is C17H19Cl3N4O4. The highest BCUT2D eigenvalue weighted by Crippen LogP contribution is 2.26. The Hall–Kier alpha value is -2.26. The molecule has 0 aliphatic rings. The average molecular weight is 450 g/mol. The molecule has 0 unspecified atom stereocenters. The number of non-ortho nitro benzene ring substituents is 1. The van der Waals surface area contributed by atoms with E-state index in [1.165, 1.54) is 12.1 Å². The smallest absolute Gasteiger partial charge is 0.271 e. The summed E-state index contributed by atoms with van der Waals surface area (Å²) in [6.07, 6.45) is 0. The second-order valence-corrected chi connectivity index (χ2v) is 6.38. The van der Waals surface area contributed by atoms with Crippen LogP contribution in [0.1, 0.15) is 5.56 Å². The Balaban J connectivity index is 0.00000392. The normalized spacial score (nSPS) is 10.1. The lowest BCUT2D eigenvalue weighted by Crippen LogP contribution is -2.23. The third-order valence-electron chi connectivity index (χ3n) is 3.49. The number of anilines is 1. The van der Waals surface area contributed by atoms with Gasteiger partial charge in [0.1, 0.15) is 5.75 Å². The van der Waals surface area contributed by atoms with Crippen molar-refractivity contribution in [2.75, 3.05) is 25.0 Å². The number of ether oxygens (including phenoxy) is 1. The zero-order chi connectivity index (χ0) is 19.8. The first-order valence-electron chi connectivity index (χ1n) is 7.95. The molecule has 11 heteroatoms. The molecule has 0 radical (unpaired) electrons. The van der Waals surface area contributed by atoms with Gasteiger partial charge in [-0.3, -0.25) is 14.9 Å². The summed E-state index contributed by atoms with van der Waals surface area (Å²) in [7, 11) is 0. The minimum absolute atomic E-state index is 0. The van der Waals surface area contributed by atoms with Crippen LogP contribution in [-0.2, 0) is 11.3 Å². The molecule has 0 saturated heterocycles. The second-order valence-electron chi connectivity index (χ2n) is 5.53. The lowest BCUT2D eigenvalue weighted by atomic mass is 10.2. The summed E-state index contributed by atoms with van der Waals surface area (Å²) in [6, 6.07) is 9.33. The van der Waals surface area contributed by atoms with Gasteiger partial charge in [0.25, 0.3) is 11.6 Å². The number of carbonyl (C=O) groups excluding carboxylic acids is 1. The number of nitrogens with one attached hydrogen (secondary N) is 2. The molecular weight excluding hydrogens is 431 g/mol. The van der Waals surface area contributed by atoms with Gasteiger partial charge in [-0.2, -0.15) is 0 Å². The Bertz CT molecular complexity index is 836. The number of amides is 1. The quantitative estimate of drug-likeness (QED) is 0.290. The van der Waals surface area contributed by atoms with Gasteiger partial charge in [-0.05, 0) is 24.3 Å². The van der Waals surface area contributed by atoms with Crippen molar-refractivity contribution < 1.29 is 14.5 Å². The number of primary amides is 1. The summed E-state index contributed by atoms with van der Waals surface area (Å²) in [5.41, 5.74) is 6.43. The molecule has 2 aromatic carbocycles. The zero-order valence-electron chi connectivity index (χ0n) is 14.6. The van der Waals surface area contributed by atoms with Gasteiger partial charge in [0.2, 0.25) is 0 Å². The largest absolute Gasteiger partial charge is 0.483 e. The van der Waals surface area contributed by atoms with Crippen LogP contribution in [0.25, 0.3) is 0 Å². The Morgan fingerprint density at radius 3 is 2.57 bits per heavy atom. The Morgan fingerprint density at radius 2 is 1.93 bits per heavy atom. The molecule has 2 aromatic rings. The zero-order valence-corrected chi connectivity index (χ0v) is 16.9. The van der Waals surface area contributed by atoms with E-state index in [2.05, 4.69) is 10.6 Å². The van der Waals surface area contributed by atoms with Gasteiger partial charge in [0, 0.05) is 42.4 Å². The van der Waals surface area contributed by atoms with E-state index in [1.54, 1.807) is 24.3 Å². The van der Waals surface area contributed by atoms with E-state index in [0.29, 0.717) is 36.1 Å². The van der Waals surface area contributed by atoms with E-state index in [9.17, 15) is 14.9 Å². The van der Waals surface area contributed by atoms with Crippen LogP contribution >= 0.6 is 35.6 Å². The molecule has 4 N–H and O–H groups in total. The Morgan fingerprint density at radius 1 is 1.18 bits per heavy atom. The van der Waals surface area contributed by atoms with Crippen LogP contribution in [0, 0.1) is 10.1 Å². The number of hydrogen-bond donors (Lipinski definition) is 3. The topological polar surface area (TPSA) is 120 Å². The standard InChI is InChI=1S/C17H18Cl2N4O4.ClH/c18-12-1-4-16(27-10-17(20)24)11(7-12)9-21-5-6-22-15-3-2-13(23(25)26)8-14(15)19;/h1-4,7-8,21-22H,5-6,9-10H2,(H2,20,24);1H. The summed E-state index contributed by atoms with van der Waals surface area (Å²) in [4.78, 5) is 21.1. The highest BCUT2D eigenvalue weighted by molar-refractivity contribution is 6.33. The molecule has 152 valence electrons. The van der Waals surface area contributed by atoms with Gasteiger partial charge in [-0.15, -0.1) is 12.4 Å². The molecule has 1 amide bonds. The van der Waals surface area contributed by atoms with E-state index < -0.39 is 10.8 Å². The van der Waals surface area contributed by atoms with Crippen molar-refractivity contribution in [3.63, 3.8) is 0 Å². The number of nitro benzene ring substituents is 1. The fourth-order valence-corrected chi connectivity index (χ4v) is 2.68. The van der Waals surface area contributed by atoms with Crippen LogP contribution in [0.3, 0.4) is 0 Å². The van der Waals surface area contributed by atoms with Crippen LogP contribution < -0.4 is 21.1 Å². The van der Waals surface area contributed by atoms with Gasteiger partial charge in [0.15, 0.2) is 6.61 Å². The first-order valence-corrected chi connectivity index (χ1v) is 8.70. The predicted octanol–water partition coefficient (Wildman–Crippen LogP) is 3.39. The van der Waals surface area contributed by atoms with Crippen LogP contribution in [-0.4, -0.2) is 30.5 Å². The lowest BCUT2D eigenvalue weighted by molar-refractivity contribution is -0.384. The number of benzene rings is 2. The molecule has 0 saturated carbocycles. The van der Waals surface area contributed by atoms with E-state index in [1.807, 2.05) is 0 Å².